The Balaban J connectivity index is 1.23. The number of esters is 1. The van der Waals surface area contributed by atoms with Crippen molar-refractivity contribution in [3.63, 3.8) is 0 Å². The Morgan fingerprint density at radius 2 is 1.78 bits per heavy atom. The van der Waals surface area contributed by atoms with Crippen LogP contribution in [0.1, 0.15) is 67.9 Å². The monoisotopic (exact) mass is 628 g/mol. The van der Waals surface area contributed by atoms with Crippen molar-refractivity contribution in [3.8, 4) is 5.75 Å². The SMILES string of the molecule is CC(=O)O[C@@]12CC[C@H](NS(=O)(=O)Cc3ccccc3CC(C)C)[C@@H]3Oc4cccc5c4[C@@]31CCN(CCc1ccccc1)[C@@H]2C5. The number of sulfonamides is 1. The average Bonchev–Trinajstić information content (AvgIpc) is 3.34. The molecule has 2 heterocycles. The third-order valence-corrected chi connectivity index (χ3v) is 12.1. The quantitative estimate of drug-likeness (QED) is 0.305. The fourth-order valence-corrected chi connectivity index (χ4v) is 10.6. The van der Waals surface area contributed by atoms with Gasteiger partial charge in [0, 0.05) is 19.0 Å². The van der Waals surface area contributed by atoms with Gasteiger partial charge in [0.2, 0.25) is 10.0 Å². The Morgan fingerprint density at radius 3 is 2.53 bits per heavy atom. The van der Waals surface area contributed by atoms with Crippen LogP contribution in [0.5, 0.6) is 5.75 Å². The van der Waals surface area contributed by atoms with E-state index in [1.807, 2.05) is 42.5 Å². The van der Waals surface area contributed by atoms with Crippen LogP contribution in [-0.4, -0.2) is 56.2 Å². The van der Waals surface area contributed by atoms with Crippen molar-refractivity contribution in [2.24, 2.45) is 5.92 Å². The van der Waals surface area contributed by atoms with Crippen LogP contribution in [0.25, 0.3) is 0 Å². The number of hydrogen-bond donors (Lipinski definition) is 1. The molecule has 4 aliphatic rings. The second-order valence-corrected chi connectivity index (χ2v) is 15.7. The van der Waals surface area contributed by atoms with E-state index in [-0.39, 0.29) is 17.8 Å². The van der Waals surface area contributed by atoms with Crippen molar-refractivity contribution in [1.29, 1.82) is 0 Å². The van der Waals surface area contributed by atoms with Gasteiger partial charge in [0.15, 0.2) is 0 Å². The molecule has 3 aromatic rings. The average molecular weight is 629 g/mol. The van der Waals surface area contributed by atoms with Gasteiger partial charge in [0.05, 0.1) is 23.3 Å². The molecular formula is C37H44N2O5S. The summed E-state index contributed by atoms with van der Waals surface area (Å²) >= 11 is 0. The van der Waals surface area contributed by atoms with E-state index in [1.54, 1.807) is 0 Å². The van der Waals surface area contributed by atoms with Gasteiger partial charge >= 0.3 is 5.97 Å². The van der Waals surface area contributed by atoms with Gasteiger partial charge in [-0.05, 0) is 79.3 Å². The summed E-state index contributed by atoms with van der Waals surface area (Å²) in [4.78, 5) is 15.5. The smallest absolute Gasteiger partial charge is 0.303 e. The number of hydrogen-bond acceptors (Lipinski definition) is 6. The van der Waals surface area contributed by atoms with Gasteiger partial charge in [-0.3, -0.25) is 9.69 Å². The van der Waals surface area contributed by atoms with Crippen LogP contribution in [0.4, 0.5) is 0 Å². The predicted octanol–water partition coefficient (Wildman–Crippen LogP) is 5.34. The lowest BCUT2D eigenvalue weighted by atomic mass is 9.48. The van der Waals surface area contributed by atoms with Gasteiger partial charge in [-0.1, -0.05) is 80.6 Å². The molecule has 0 amide bonds. The Hall–Kier alpha value is -3.20. The molecule has 3 aromatic carbocycles. The molecule has 45 heavy (non-hydrogen) atoms. The lowest BCUT2D eigenvalue weighted by Crippen LogP contribution is -2.79. The lowest BCUT2D eigenvalue weighted by Gasteiger charge is -2.65. The highest BCUT2D eigenvalue weighted by molar-refractivity contribution is 7.88. The molecule has 2 bridgehead atoms. The molecule has 1 saturated heterocycles. The van der Waals surface area contributed by atoms with Crippen molar-refractivity contribution < 1.29 is 22.7 Å². The van der Waals surface area contributed by atoms with Crippen molar-refractivity contribution in [1.82, 2.24) is 9.62 Å². The van der Waals surface area contributed by atoms with Crippen LogP contribution >= 0.6 is 0 Å². The molecule has 238 valence electrons. The van der Waals surface area contributed by atoms with E-state index >= 15 is 0 Å². The van der Waals surface area contributed by atoms with Crippen molar-refractivity contribution >= 4 is 16.0 Å². The Morgan fingerprint density at radius 1 is 1.02 bits per heavy atom. The summed E-state index contributed by atoms with van der Waals surface area (Å²) in [5.41, 5.74) is 4.11. The summed E-state index contributed by atoms with van der Waals surface area (Å²) in [7, 11) is -3.70. The third kappa shape index (κ3) is 5.19. The van der Waals surface area contributed by atoms with Crippen LogP contribution < -0.4 is 9.46 Å². The number of piperidine rings is 1. The van der Waals surface area contributed by atoms with Crippen LogP contribution in [0, 0.1) is 5.92 Å². The van der Waals surface area contributed by atoms with Gasteiger partial charge < -0.3 is 9.47 Å². The zero-order chi connectivity index (χ0) is 31.4. The molecule has 0 aromatic heterocycles. The number of benzene rings is 3. The predicted molar refractivity (Wildman–Crippen MR) is 175 cm³/mol. The van der Waals surface area contributed by atoms with E-state index in [1.165, 1.54) is 18.1 Å². The number of rotatable bonds is 10. The first-order valence-electron chi connectivity index (χ1n) is 16.5. The topological polar surface area (TPSA) is 84.9 Å². The van der Waals surface area contributed by atoms with E-state index in [9.17, 15) is 13.2 Å². The molecule has 8 heteroatoms. The van der Waals surface area contributed by atoms with Crippen LogP contribution in [0.3, 0.4) is 0 Å². The van der Waals surface area contributed by atoms with E-state index in [0.717, 1.165) is 61.2 Å². The summed E-state index contributed by atoms with van der Waals surface area (Å²) in [5, 5.41) is 0. The van der Waals surface area contributed by atoms with E-state index in [2.05, 4.69) is 53.8 Å². The normalized spacial score (nSPS) is 28.4. The highest BCUT2D eigenvalue weighted by Crippen LogP contribution is 2.65. The zero-order valence-electron chi connectivity index (χ0n) is 26.5. The summed E-state index contributed by atoms with van der Waals surface area (Å²) < 4.78 is 44.2. The molecule has 7 rings (SSSR count). The molecule has 1 spiro atoms. The molecule has 1 N–H and O–H groups in total. The van der Waals surface area contributed by atoms with E-state index in [0.29, 0.717) is 18.8 Å². The molecule has 7 nitrogen and oxygen atoms in total. The summed E-state index contributed by atoms with van der Waals surface area (Å²) in [6, 6.07) is 24.1. The summed E-state index contributed by atoms with van der Waals surface area (Å²) in [5.74, 6) is 0.858. The van der Waals surface area contributed by atoms with Crippen LogP contribution in [-0.2, 0) is 50.0 Å². The highest BCUT2D eigenvalue weighted by Gasteiger charge is 2.75. The fraction of sp³-hybridized carbons (Fsp3) is 0.486. The maximum absolute atomic E-state index is 13.9. The number of nitrogens with one attached hydrogen (secondary N) is 1. The van der Waals surface area contributed by atoms with Gasteiger partial charge in [-0.15, -0.1) is 0 Å². The molecule has 2 aliphatic heterocycles. The number of ether oxygens (including phenoxy) is 2. The van der Waals surface area contributed by atoms with Crippen molar-refractivity contribution in [2.75, 3.05) is 13.1 Å². The van der Waals surface area contributed by atoms with Gasteiger partial charge in [-0.2, -0.15) is 0 Å². The van der Waals surface area contributed by atoms with Crippen molar-refractivity contribution in [2.45, 2.75) is 94.3 Å². The second-order valence-electron chi connectivity index (χ2n) is 13.9. The first-order valence-corrected chi connectivity index (χ1v) is 18.1. The maximum Gasteiger partial charge on any atom is 0.303 e. The standard InChI is InChI=1S/C37H44N2O5S/c1-25(2)22-28-12-7-8-13-30(28)24-45(41,42)38-31-16-18-37(44-26(3)40)33-23-29-14-9-15-32-34(29)36(37,35(31)43-32)19-21-39(33)20-17-27-10-5-4-6-11-27/h4-15,25,31,33,35,38H,16-24H2,1-3H3/t31-,33+,35-,36-,37+/m0/s1. The minimum Gasteiger partial charge on any atom is -0.487 e. The molecule has 0 unspecified atom stereocenters. The maximum atomic E-state index is 13.9. The summed E-state index contributed by atoms with van der Waals surface area (Å²) in [6.07, 6.45) is 3.87. The third-order valence-electron chi connectivity index (χ3n) is 10.7. The first-order chi connectivity index (χ1) is 21.6. The number of likely N-dealkylation sites (tertiary alicyclic amines) is 1. The minimum absolute atomic E-state index is 0.0220. The Labute approximate surface area is 267 Å². The van der Waals surface area contributed by atoms with Gasteiger partial charge in [0.1, 0.15) is 17.5 Å². The molecule has 1 saturated carbocycles. The van der Waals surface area contributed by atoms with Crippen LogP contribution in [0.15, 0.2) is 72.8 Å². The van der Waals surface area contributed by atoms with Gasteiger partial charge in [-0.25, -0.2) is 13.1 Å². The Kier molecular flexibility index (Phi) is 7.82. The molecule has 2 aliphatic carbocycles. The Bertz CT molecular complexity index is 1690. The number of carbonyl (C=O) groups is 1. The first kappa shape index (κ1) is 30.5. The van der Waals surface area contributed by atoms with Crippen molar-refractivity contribution in [3.05, 3.63) is 101 Å². The fourth-order valence-electron chi connectivity index (χ4n) is 9.16. The molecule has 0 radical (unpaired) electrons. The molecule has 2 fully saturated rings. The van der Waals surface area contributed by atoms with Gasteiger partial charge in [0.25, 0.3) is 0 Å². The van der Waals surface area contributed by atoms with Crippen LogP contribution in [0.2, 0.25) is 0 Å². The minimum atomic E-state index is -3.70. The van der Waals surface area contributed by atoms with E-state index < -0.39 is 33.2 Å². The number of nitrogens with zero attached hydrogens (tertiary/aromatic N) is 1. The van der Waals surface area contributed by atoms with E-state index in [4.69, 9.17) is 9.47 Å². The molecular weight excluding hydrogens is 584 g/mol. The number of carbonyl (C=O) groups excluding carboxylic acids is 1. The largest absolute Gasteiger partial charge is 0.487 e. The molecule has 5 atom stereocenters. The summed E-state index contributed by atoms with van der Waals surface area (Å²) in [6.45, 7) is 7.49. The second kappa shape index (κ2) is 11.6. The highest BCUT2D eigenvalue weighted by atomic mass is 32.2. The lowest BCUT2D eigenvalue weighted by molar-refractivity contribution is -0.218. The zero-order valence-corrected chi connectivity index (χ0v) is 27.3.